The van der Waals surface area contributed by atoms with Crippen LogP contribution in [-0.4, -0.2) is 15.0 Å². The fourth-order valence-corrected chi connectivity index (χ4v) is 1.46. The van der Waals surface area contributed by atoms with Crippen LogP contribution in [0.15, 0.2) is 24.3 Å². The maximum Gasteiger partial charge on any atom is 0.186 e. The number of halogens is 1. The molecule has 0 N–H and O–H groups in total. The van der Waals surface area contributed by atoms with Crippen molar-refractivity contribution in [1.29, 1.82) is 5.26 Å². The van der Waals surface area contributed by atoms with Crippen molar-refractivity contribution < 1.29 is 4.39 Å². The van der Waals surface area contributed by atoms with Gasteiger partial charge in [-0.2, -0.15) is 5.26 Å². The molecule has 1 heterocycles. The first-order chi connectivity index (χ1) is 7.70. The van der Waals surface area contributed by atoms with Crippen LogP contribution >= 0.6 is 0 Å². The Labute approximate surface area is 91.9 Å². The van der Waals surface area contributed by atoms with Crippen LogP contribution in [0.1, 0.15) is 17.0 Å². The van der Waals surface area contributed by atoms with E-state index in [4.69, 9.17) is 5.26 Å². The van der Waals surface area contributed by atoms with Crippen molar-refractivity contribution in [3.05, 3.63) is 47.0 Å². The fourth-order valence-electron chi connectivity index (χ4n) is 1.46. The number of benzene rings is 1. The highest BCUT2D eigenvalue weighted by atomic mass is 19.1. The van der Waals surface area contributed by atoms with Gasteiger partial charge in [-0.1, -0.05) is 17.3 Å². The molecule has 16 heavy (non-hydrogen) atoms. The minimum Gasteiger partial charge on any atom is -0.251 e. The average molecular weight is 216 g/mol. The molecule has 1 aromatic carbocycles. The molecule has 0 saturated heterocycles. The third-order valence-electron chi connectivity index (χ3n) is 2.33. The topological polar surface area (TPSA) is 54.5 Å². The largest absolute Gasteiger partial charge is 0.251 e. The predicted molar refractivity (Wildman–Crippen MR) is 54.9 cm³/mol. The molecule has 1 aromatic heterocycles. The maximum atomic E-state index is 12.7. The Morgan fingerprint density at radius 2 is 2.06 bits per heavy atom. The molecule has 0 spiro atoms. The number of hydrogen-bond acceptors (Lipinski definition) is 3. The van der Waals surface area contributed by atoms with Crippen molar-refractivity contribution in [2.75, 3.05) is 0 Å². The van der Waals surface area contributed by atoms with Crippen molar-refractivity contribution in [2.45, 2.75) is 6.42 Å². The van der Waals surface area contributed by atoms with E-state index in [0.29, 0.717) is 12.1 Å². The highest BCUT2D eigenvalue weighted by Gasteiger charge is 2.10. The van der Waals surface area contributed by atoms with E-state index in [1.165, 1.54) is 12.1 Å². The molecule has 0 unspecified atom stereocenters. The second kappa shape index (κ2) is 4.11. The number of aryl methyl sites for hydroxylation is 1. The summed E-state index contributed by atoms with van der Waals surface area (Å²) in [5.41, 5.74) is 1.96. The van der Waals surface area contributed by atoms with Crippen molar-refractivity contribution in [2.24, 2.45) is 7.05 Å². The van der Waals surface area contributed by atoms with E-state index in [1.54, 1.807) is 23.9 Å². The summed E-state index contributed by atoms with van der Waals surface area (Å²) in [6.07, 6.45) is 0.521. The van der Waals surface area contributed by atoms with E-state index in [1.807, 2.05) is 6.07 Å². The second-order valence-electron chi connectivity index (χ2n) is 3.42. The molecule has 0 saturated carbocycles. The first-order valence-corrected chi connectivity index (χ1v) is 4.74. The number of hydrogen-bond donors (Lipinski definition) is 0. The fraction of sp³-hybridized carbons (Fsp3) is 0.182. The minimum atomic E-state index is -0.271. The highest BCUT2D eigenvalue weighted by Crippen LogP contribution is 2.11. The lowest BCUT2D eigenvalue weighted by Gasteiger charge is -2.01. The molecule has 4 nitrogen and oxygen atoms in total. The summed E-state index contributed by atoms with van der Waals surface area (Å²) in [5, 5.41) is 16.3. The van der Waals surface area contributed by atoms with Gasteiger partial charge in [0.25, 0.3) is 0 Å². The summed E-state index contributed by atoms with van der Waals surface area (Å²) in [7, 11) is 1.73. The molecule has 5 heteroatoms. The van der Waals surface area contributed by atoms with Gasteiger partial charge in [-0.3, -0.25) is 4.68 Å². The number of nitriles is 1. The molecule has 0 atom stereocenters. The zero-order chi connectivity index (χ0) is 11.5. The summed E-state index contributed by atoms with van der Waals surface area (Å²) in [6.45, 7) is 0. The number of aromatic nitrogens is 3. The van der Waals surface area contributed by atoms with Gasteiger partial charge in [0, 0.05) is 13.5 Å². The van der Waals surface area contributed by atoms with E-state index < -0.39 is 0 Å². The molecule has 0 radical (unpaired) electrons. The van der Waals surface area contributed by atoms with Crippen LogP contribution in [0.2, 0.25) is 0 Å². The van der Waals surface area contributed by atoms with Gasteiger partial charge in [0.15, 0.2) is 5.69 Å². The molecule has 80 valence electrons. The lowest BCUT2D eigenvalue weighted by atomic mass is 10.1. The Hall–Kier alpha value is -2.22. The van der Waals surface area contributed by atoms with Crippen molar-refractivity contribution in [1.82, 2.24) is 15.0 Å². The zero-order valence-electron chi connectivity index (χ0n) is 8.68. The Balaban J connectivity index is 2.30. The SMILES string of the molecule is Cn1nnc(C#N)c1Cc1ccc(F)cc1. The molecule has 0 amide bonds. The Morgan fingerprint density at radius 3 is 2.69 bits per heavy atom. The van der Waals surface area contributed by atoms with Gasteiger partial charge in [-0.15, -0.1) is 5.10 Å². The van der Waals surface area contributed by atoms with Crippen LogP contribution in [-0.2, 0) is 13.5 Å². The standard InChI is InChI=1S/C11H9FN4/c1-16-11(10(7-13)14-15-16)6-8-2-4-9(12)5-3-8/h2-5H,6H2,1H3. The van der Waals surface area contributed by atoms with Gasteiger partial charge < -0.3 is 0 Å². The lowest BCUT2D eigenvalue weighted by Crippen LogP contribution is -2.00. The highest BCUT2D eigenvalue weighted by molar-refractivity contribution is 5.30. The lowest BCUT2D eigenvalue weighted by molar-refractivity contribution is 0.627. The Kier molecular flexibility index (Phi) is 2.64. The molecule has 2 aromatic rings. The Morgan fingerprint density at radius 1 is 1.38 bits per heavy atom. The molecule has 0 aliphatic heterocycles. The molecule has 0 bridgehead atoms. The summed E-state index contributed by atoms with van der Waals surface area (Å²) in [6, 6.07) is 8.14. The van der Waals surface area contributed by atoms with Crippen LogP contribution in [0.4, 0.5) is 4.39 Å². The quantitative estimate of drug-likeness (QED) is 0.762. The molecular formula is C11H9FN4. The van der Waals surface area contributed by atoms with E-state index in [-0.39, 0.29) is 5.82 Å². The van der Waals surface area contributed by atoms with Crippen molar-refractivity contribution in [3.63, 3.8) is 0 Å². The van der Waals surface area contributed by atoms with Crippen molar-refractivity contribution >= 4 is 0 Å². The van der Waals surface area contributed by atoms with E-state index in [0.717, 1.165) is 11.3 Å². The molecule has 2 rings (SSSR count). The molecule has 0 aliphatic carbocycles. The first kappa shape index (κ1) is 10.3. The van der Waals surface area contributed by atoms with Gasteiger partial charge in [0.1, 0.15) is 11.9 Å². The van der Waals surface area contributed by atoms with Gasteiger partial charge in [-0.25, -0.2) is 4.39 Å². The summed E-state index contributed by atoms with van der Waals surface area (Å²) in [4.78, 5) is 0. The molecule has 0 aliphatic rings. The first-order valence-electron chi connectivity index (χ1n) is 4.74. The van der Waals surface area contributed by atoms with Gasteiger partial charge in [0.2, 0.25) is 0 Å². The van der Waals surface area contributed by atoms with Crippen LogP contribution in [0, 0.1) is 17.1 Å². The summed E-state index contributed by atoms with van der Waals surface area (Å²) < 4.78 is 14.3. The van der Waals surface area contributed by atoms with Gasteiger partial charge in [-0.05, 0) is 17.7 Å². The molecular weight excluding hydrogens is 207 g/mol. The van der Waals surface area contributed by atoms with Crippen LogP contribution in [0.3, 0.4) is 0 Å². The maximum absolute atomic E-state index is 12.7. The van der Waals surface area contributed by atoms with Crippen LogP contribution < -0.4 is 0 Å². The van der Waals surface area contributed by atoms with Crippen molar-refractivity contribution in [3.8, 4) is 6.07 Å². The summed E-state index contributed by atoms with van der Waals surface area (Å²) >= 11 is 0. The number of nitrogens with zero attached hydrogens (tertiary/aromatic N) is 4. The number of rotatable bonds is 2. The Bertz CT molecular complexity index is 536. The third-order valence-corrected chi connectivity index (χ3v) is 2.33. The predicted octanol–water partition coefficient (Wildman–Crippen LogP) is 1.42. The van der Waals surface area contributed by atoms with Gasteiger partial charge in [0.05, 0.1) is 5.69 Å². The summed E-state index contributed by atoms with van der Waals surface area (Å²) in [5.74, 6) is -0.271. The van der Waals surface area contributed by atoms with Crippen LogP contribution in [0.25, 0.3) is 0 Å². The van der Waals surface area contributed by atoms with E-state index in [2.05, 4.69) is 10.3 Å². The minimum absolute atomic E-state index is 0.271. The molecule has 0 fully saturated rings. The smallest absolute Gasteiger partial charge is 0.186 e. The van der Waals surface area contributed by atoms with Crippen LogP contribution in [0.5, 0.6) is 0 Å². The average Bonchev–Trinajstić information content (AvgIpc) is 2.63. The second-order valence-corrected chi connectivity index (χ2v) is 3.42. The van der Waals surface area contributed by atoms with E-state index >= 15 is 0 Å². The monoisotopic (exact) mass is 216 g/mol. The third kappa shape index (κ3) is 1.91. The zero-order valence-corrected chi connectivity index (χ0v) is 8.68. The normalized spacial score (nSPS) is 10.1. The van der Waals surface area contributed by atoms with E-state index in [9.17, 15) is 4.39 Å². The van der Waals surface area contributed by atoms with Gasteiger partial charge >= 0.3 is 0 Å².